The summed E-state index contributed by atoms with van der Waals surface area (Å²) < 4.78 is 10.2. The molecule has 1 saturated heterocycles. The van der Waals surface area contributed by atoms with Crippen molar-refractivity contribution in [2.24, 2.45) is 0 Å². The van der Waals surface area contributed by atoms with Crippen LogP contribution in [0, 0.1) is 0 Å². The second-order valence-electron chi connectivity index (χ2n) is 7.76. The van der Waals surface area contributed by atoms with Gasteiger partial charge < -0.3 is 24.8 Å². The molecule has 0 aromatic heterocycles. The standard InChI is InChI=1S/C21H40O6/c1-2-3-4-5-6-7-8-9-10-11-12-13-14-19(24)27-21-18(23)16-26-15-17(22)20(21)25/h17-18,20-23,25H,2-16H2,1H3/t17-,18-,20-,21-/m1/s1. The van der Waals surface area contributed by atoms with Crippen molar-refractivity contribution in [3.63, 3.8) is 0 Å². The third kappa shape index (κ3) is 11.0. The molecular formula is C21H40O6. The summed E-state index contributed by atoms with van der Waals surface area (Å²) >= 11 is 0. The molecule has 6 nitrogen and oxygen atoms in total. The molecule has 0 saturated carbocycles. The van der Waals surface area contributed by atoms with Crippen molar-refractivity contribution >= 4 is 5.97 Å². The van der Waals surface area contributed by atoms with Crippen molar-refractivity contribution in [1.82, 2.24) is 0 Å². The number of carbonyl (C=O) groups is 1. The van der Waals surface area contributed by atoms with Gasteiger partial charge >= 0.3 is 5.97 Å². The normalized spacial score (nSPS) is 25.9. The molecule has 0 unspecified atom stereocenters. The molecule has 0 bridgehead atoms. The van der Waals surface area contributed by atoms with Gasteiger partial charge in [-0.2, -0.15) is 0 Å². The average Bonchev–Trinajstić information content (AvgIpc) is 2.76. The molecule has 3 N–H and O–H groups in total. The van der Waals surface area contributed by atoms with E-state index in [9.17, 15) is 20.1 Å². The Kier molecular flexibility index (Phi) is 13.8. The highest BCUT2D eigenvalue weighted by Crippen LogP contribution is 2.17. The molecule has 1 heterocycles. The number of unbranched alkanes of at least 4 members (excludes halogenated alkanes) is 11. The molecule has 1 aliphatic heterocycles. The molecule has 160 valence electrons. The quantitative estimate of drug-likeness (QED) is 0.313. The lowest BCUT2D eigenvalue weighted by Crippen LogP contribution is -2.46. The fourth-order valence-electron chi connectivity index (χ4n) is 3.42. The molecule has 4 atom stereocenters. The first kappa shape index (κ1) is 24.3. The molecule has 0 aromatic rings. The van der Waals surface area contributed by atoms with E-state index in [-0.39, 0.29) is 19.6 Å². The number of esters is 1. The fraction of sp³-hybridized carbons (Fsp3) is 0.952. The van der Waals surface area contributed by atoms with Crippen molar-refractivity contribution in [3.8, 4) is 0 Å². The minimum absolute atomic E-state index is 0.0648. The summed E-state index contributed by atoms with van der Waals surface area (Å²) in [6.07, 6.45) is 10.2. The lowest BCUT2D eigenvalue weighted by molar-refractivity contribution is -0.169. The number of carbonyl (C=O) groups excluding carboxylic acids is 1. The van der Waals surface area contributed by atoms with Crippen LogP contribution in [-0.4, -0.2) is 58.9 Å². The maximum absolute atomic E-state index is 11.9. The Morgan fingerprint density at radius 1 is 0.815 bits per heavy atom. The van der Waals surface area contributed by atoms with Gasteiger partial charge in [0.15, 0.2) is 6.10 Å². The maximum atomic E-state index is 11.9. The average molecular weight is 389 g/mol. The van der Waals surface area contributed by atoms with Crippen LogP contribution in [0.15, 0.2) is 0 Å². The van der Waals surface area contributed by atoms with Gasteiger partial charge in [-0.3, -0.25) is 4.79 Å². The van der Waals surface area contributed by atoms with Crippen LogP contribution in [0.1, 0.15) is 90.4 Å². The van der Waals surface area contributed by atoms with Gasteiger partial charge in [-0.1, -0.05) is 77.6 Å². The maximum Gasteiger partial charge on any atom is 0.306 e. The van der Waals surface area contributed by atoms with Crippen LogP contribution < -0.4 is 0 Å². The highest BCUT2D eigenvalue weighted by atomic mass is 16.6. The molecule has 1 aliphatic rings. The Balaban J connectivity index is 2.01. The van der Waals surface area contributed by atoms with E-state index in [1.807, 2.05) is 0 Å². The smallest absolute Gasteiger partial charge is 0.306 e. The highest BCUT2D eigenvalue weighted by molar-refractivity contribution is 5.69. The van der Waals surface area contributed by atoms with Gasteiger partial charge in [0, 0.05) is 6.42 Å². The van der Waals surface area contributed by atoms with Crippen LogP contribution in [-0.2, 0) is 14.3 Å². The highest BCUT2D eigenvalue weighted by Gasteiger charge is 2.38. The van der Waals surface area contributed by atoms with E-state index in [1.54, 1.807) is 0 Å². The van der Waals surface area contributed by atoms with Gasteiger partial charge in [-0.25, -0.2) is 0 Å². The first-order chi connectivity index (χ1) is 13.1. The summed E-state index contributed by atoms with van der Waals surface area (Å²) in [6.45, 7) is 2.10. The second-order valence-corrected chi connectivity index (χ2v) is 7.76. The molecule has 0 aliphatic carbocycles. The van der Waals surface area contributed by atoms with E-state index in [1.165, 1.54) is 57.8 Å². The van der Waals surface area contributed by atoms with E-state index in [2.05, 4.69) is 6.92 Å². The molecule has 0 aromatic carbocycles. The van der Waals surface area contributed by atoms with Crippen molar-refractivity contribution in [2.45, 2.75) is 115 Å². The number of hydrogen-bond donors (Lipinski definition) is 3. The second kappa shape index (κ2) is 15.3. The first-order valence-electron chi connectivity index (χ1n) is 10.9. The monoisotopic (exact) mass is 388 g/mol. The van der Waals surface area contributed by atoms with Crippen LogP contribution in [0.3, 0.4) is 0 Å². The zero-order chi connectivity index (χ0) is 19.9. The lowest BCUT2D eigenvalue weighted by atomic mass is 10.0. The van der Waals surface area contributed by atoms with Crippen molar-refractivity contribution in [1.29, 1.82) is 0 Å². The number of aliphatic hydroxyl groups excluding tert-OH is 3. The van der Waals surface area contributed by atoms with Gasteiger partial charge in [0.2, 0.25) is 0 Å². The Labute approximate surface area is 164 Å². The molecule has 1 fully saturated rings. The first-order valence-corrected chi connectivity index (χ1v) is 10.9. The Morgan fingerprint density at radius 3 is 1.85 bits per heavy atom. The zero-order valence-corrected chi connectivity index (χ0v) is 17.0. The number of rotatable bonds is 14. The third-order valence-electron chi connectivity index (χ3n) is 5.19. The third-order valence-corrected chi connectivity index (χ3v) is 5.19. The minimum Gasteiger partial charge on any atom is -0.457 e. The summed E-state index contributed by atoms with van der Waals surface area (Å²) in [7, 11) is 0. The van der Waals surface area contributed by atoms with Gasteiger partial charge in [-0.05, 0) is 6.42 Å². The van der Waals surface area contributed by atoms with E-state index in [4.69, 9.17) is 9.47 Å². The topological polar surface area (TPSA) is 96.2 Å². The molecule has 0 amide bonds. The Morgan fingerprint density at radius 2 is 1.30 bits per heavy atom. The van der Waals surface area contributed by atoms with Crippen LogP contribution >= 0.6 is 0 Å². The van der Waals surface area contributed by atoms with Crippen molar-refractivity contribution < 1.29 is 29.6 Å². The molecule has 0 spiro atoms. The summed E-state index contributed by atoms with van der Waals surface area (Å²) in [5, 5.41) is 29.5. The Bertz CT molecular complexity index is 376. The summed E-state index contributed by atoms with van der Waals surface area (Å²) in [6, 6.07) is 0. The largest absolute Gasteiger partial charge is 0.457 e. The van der Waals surface area contributed by atoms with Gasteiger partial charge in [-0.15, -0.1) is 0 Å². The van der Waals surface area contributed by atoms with Gasteiger partial charge in [0.05, 0.1) is 13.2 Å². The molecule has 1 rings (SSSR count). The SMILES string of the molecule is CCCCCCCCCCCCCCC(=O)O[C@H]1[C@H](O)[C@H](O)COC[C@H]1O. The van der Waals surface area contributed by atoms with Crippen LogP contribution in [0.2, 0.25) is 0 Å². The zero-order valence-electron chi connectivity index (χ0n) is 17.0. The van der Waals surface area contributed by atoms with E-state index in [0.29, 0.717) is 0 Å². The summed E-state index contributed by atoms with van der Waals surface area (Å²) in [5.41, 5.74) is 0. The molecule has 27 heavy (non-hydrogen) atoms. The van der Waals surface area contributed by atoms with Crippen LogP contribution in [0.4, 0.5) is 0 Å². The van der Waals surface area contributed by atoms with Crippen molar-refractivity contribution in [2.75, 3.05) is 13.2 Å². The minimum atomic E-state index is -1.33. The Hall–Kier alpha value is -0.690. The molecular weight excluding hydrogens is 348 g/mol. The van der Waals surface area contributed by atoms with Gasteiger partial charge in [0.1, 0.15) is 18.3 Å². The number of ether oxygens (including phenoxy) is 2. The van der Waals surface area contributed by atoms with Crippen LogP contribution in [0.5, 0.6) is 0 Å². The van der Waals surface area contributed by atoms with Crippen LogP contribution in [0.25, 0.3) is 0 Å². The van der Waals surface area contributed by atoms with Gasteiger partial charge in [0.25, 0.3) is 0 Å². The van der Waals surface area contributed by atoms with E-state index < -0.39 is 30.4 Å². The predicted molar refractivity (Wildman–Crippen MR) is 104 cm³/mol. The lowest BCUT2D eigenvalue weighted by Gasteiger charge is -2.26. The summed E-state index contributed by atoms with van der Waals surface area (Å²) in [4.78, 5) is 11.9. The fourth-order valence-corrected chi connectivity index (χ4v) is 3.42. The van der Waals surface area contributed by atoms with E-state index in [0.717, 1.165) is 19.3 Å². The number of aliphatic hydroxyl groups is 3. The number of hydrogen-bond acceptors (Lipinski definition) is 6. The predicted octanol–water partition coefficient (Wildman–Crippen LogP) is 3.10. The molecule has 6 heteroatoms. The molecule has 0 radical (unpaired) electrons. The van der Waals surface area contributed by atoms with Crippen molar-refractivity contribution in [3.05, 3.63) is 0 Å². The van der Waals surface area contributed by atoms with E-state index >= 15 is 0 Å². The summed E-state index contributed by atoms with van der Waals surface area (Å²) in [5.74, 6) is -0.445.